The number of fused-ring (bicyclic) bond motifs is 3. The Labute approximate surface area is 235 Å². The van der Waals surface area contributed by atoms with E-state index in [0.717, 1.165) is 16.9 Å². The van der Waals surface area contributed by atoms with Gasteiger partial charge in [-0.05, 0) is 75.0 Å². The van der Waals surface area contributed by atoms with Gasteiger partial charge in [-0.15, -0.1) is 0 Å². The Hall–Kier alpha value is -5.14. The standard InChI is InChI=1S/C39H29N/c1-3-15-36-30(4-2)31-20-12-13-25-37(31)40(36)29-19-14-18-28(26-29)39-34-23-10-8-21-32(34)38(27-16-6-5-7-17-27)33-22-9-11-24-35(33)39/h3-26H,2H2,1H3/b15-3-. The Balaban J connectivity index is 1.56. The van der Waals surface area contributed by atoms with Crippen molar-refractivity contribution in [1.82, 2.24) is 4.57 Å². The normalized spacial score (nSPS) is 11.6. The second-order valence-electron chi connectivity index (χ2n) is 10.1. The molecular weight excluding hydrogens is 482 g/mol. The summed E-state index contributed by atoms with van der Waals surface area (Å²) in [5.74, 6) is 0. The van der Waals surface area contributed by atoms with Crippen molar-refractivity contribution in [2.24, 2.45) is 0 Å². The summed E-state index contributed by atoms with van der Waals surface area (Å²) in [6, 6.07) is 46.0. The molecule has 7 aromatic rings. The maximum atomic E-state index is 4.15. The van der Waals surface area contributed by atoms with Crippen molar-refractivity contribution in [3.05, 3.63) is 151 Å². The molecule has 0 aliphatic rings. The molecule has 0 saturated carbocycles. The van der Waals surface area contributed by atoms with Crippen LogP contribution in [0.2, 0.25) is 0 Å². The lowest BCUT2D eigenvalue weighted by molar-refractivity contribution is 1.11. The van der Waals surface area contributed by atoms with Crippen LogP contribution in [0.25, 0.3) is 72.5 Å². The first-order valence-electron chi connectivity index (χ1n) is 13.8. The van der Waals surface area contributed by atoms with Crippen LogP contribution in [-0.2, 0) is 0 Å². The third kappa shape index (κ3) is 3.71. The van der Waals surface area contributed by atoms with Crippen molar-refractivity contribution in [2.45, 2.75) is 6.92 Å². The lowest BCUT2D eigenvalue weighted by Gasteiger charge is -2.18. The van der Waals surface area contributed by atoms with E-state index in [1.54, 1.807) is 0 Å². The van der Waals surface area contributed by atoms with Crippen molar-refractivity contribution in [3.8, 4) is 27.9 Å². The minimum atomic E-state index is 1.13. The van der Waals surface area contributed by atoms with E-state index in [9.17, 15) is 0 Å². The first-order valence-corrected chi connectivity index (χ1v) is 13.8. The van der Waals surface area contributed by atoms with Gasteiger partial charge >= 0.3 is 0 Å². The number of para-hydroxylation sites is 1. The molecule has 0 atom stereocenters. The molecule has 1 aromatic heterocycles. The van der Waals surface area contributed by atoms with Crippen LogP contribution in [0, 0.1) is 0 Å². The molecule has 40 heavy (non-hydrogen) atoms. The fraction of sp³-hybridized carbons (Fsp3) is 0.0256. The Morgan fingerprint density at radius 1 is 0.550 bits per heavy atom. The van der Waals surface area contributed by atoms with Crippen LogP contribution in [0.3, 0.4) is 0 Å². The molecule has 0 unspecified atom stereocenters. The molecule has 0 radical (unpaired) electrons. The lowest BCUT2D eigenvalue weighted by atomic mass is 9.86. The third-order valence-electron chi connectivity index (χ3n) is 7.87. The smallest absolute Gasteiger partial charge is 0.0541 e. The highest BCUT2D eigenvalue weighted by Crippen LogP contribution is 2.44. The monoisotopic (exact) mass is 511 g/mol. The molecular formula is C39H29N. The number of hydrogen-bond donors (Lipinski definition) is 0. The summed E-state index contributed by atoms with van der Waals surface area (Å²) >= 11 is 0. The third-order valence-corrected chi connectivity index (χ3v) is 7.87. The van der Waals surface area contributed by atoms with Crippen molar-refractivity contribution in [1.29, 1.82) is 0 Å². The van der Waals surface area contributed by atoms with E-state index in [1.807, 2.05) is 6.08 Å². The SMILES string of the molecule is C=Cc1c(/C=C\C)n(-c2cccc(-c3c4ccccc4c(-c4ccccc4)c4ccccc34)c2)c2ccccc12. The zero-order valence-electron chi connectivity index (χ0n) is 22.5. The topological polar surface area (TPSA) is 4.93 Å². The van der Waals surface area contributed by atoms with Gasteiger partial charge in [-0.3, -0.25) is 0 Å². The summed E-state index contributed by atoms with van der Waals surface area (Å²) in [7, 11) is 0. The molecule has 0 aliphatic carbocycles. The summed E-state index contributed by atoms with van der Waals surface area (Å²) in [6.07, 6.45) is 6.26. The maximum Gasteiger partial charge on any atom is 0.0541 e. The minimum Gasteiger partial charge on any atom is -0.309 e. The number of benzene rings is 6. The number of hydrogen-bond acceptors (Lipinski definition) is 0. The van der Waals surface area contributed by atoms with E-state index in [4.69, 9.17) is 0 Å². The van der Waals surface area contributed by atoms with Crippen LogP contribution >= 0.6 is 0 Å². The average Bonchev–Trinajstić information content (AvgIpc) is 3.33. The molecule has 0 aliphatic heterocycles. The molecule has 1 heterocycles. The van der Waals surface area contributed by atoms with Crippen LogP contribution in [-0.4, -0.2) is 4.57 Å². The fourth-order valence-corrected chi connectivity index (χ4v) is 6.26. The molecule has 190 valence electrons. The first-order chi connectivity index (χ1) is 19.8. The largest absolute Gasteiger partial charge is 0.309 e. The van der Waals surface area contributed by atoms with E-state index >= 15 is 0 Å². The average molecular weight is 512 g/mol. The molecule has 6 aromatic carbocycles. The first kappa shape index (κ1) is 23.9. The van der Waals surface area contributed by atoms with Crippen LogP contribution in [0.5, 0.6) is 0 Å². The minimum absolute atomic E-state index is 1.13. The van der Waals surface area contributed by atoms with Crippen LogP contribution in [0.15, 0.2) is 140 Å². The predicted octanol–water partition coefficient (Wildman–Crippen LogP) is 10.9. The van der Waals surface area contributed by atoms with Gasteiger partial charge in [0.25, 0.3) is 0 Å². The van der Waals surface area contributed by atoms with Gasteiger partial charge < -0.3 is 4.57 Å². The molecule has 0 saturated heterocycles. The molecule has 0 spiro atoms. The molecule has 0 fully saturated rings. The Kier molecular flexibility index (Phi) is 5.91. The Morgan fingerprint density at radius 3 is 1.68 bits per heavy atom. The van der Waals surface area contributed by atoms with E-state index in [2.05, 4.69) is 158 Å². The van der Waals surface area contributed by atoms with Crippen LogP contribution < -0.4 is 0 Å². The summed E-state index contributed by atoms with van der Waals surface area (Å²) in [4.78, 5) is 0. The highest BCUT2D eigenvalue weighted by atomic mass is 15.0. The number of rotatable bonds is 5. The van der Waals surface area contributed by atoms with Gasteiger partial charge in [-0.2, -0.15) is 0 Å². The Bertz CT molecular complexity index is 2020. The van der Waals surface area contributed by atoms with Crippen molar-refractivity contribution in [2.75, 3.05) is 0 Å². The van der Waals surface area contributed by atoms with E-state index in [1.165, 1.54) is 54.7 Å². The quantitative estimate of drug-likeness (QED) is 0.203. The zero-order valence-corrected chi connectivity index (χ0v) is 22.5. The number of nitrogens with zero attached hydrogens (tertiary/aromatic N) is 1. The Morgan fingerprint density at radius 2 is 1.07 bits per heavy atom. The molecule has 7 rings (SSSR count). The molecule has 0 bridgehead atoms. The zero-order chi connectivity index (χ0) is 27.1. The molecule has 0 N–H and O–H groups in total. The van der Waals surface area contributed by atoms with E-state index in [-0.39, 0.29) is 0 Å². The highest BCUT2D eigenvalue weighted by Gasteiger charge is 2.18. The summed E-state index contributed by atoms with van der Waals surface area (Å²) in [5, 5.41) is 6.26. The van der Waals surface area contributed by atoms with E-state index in [0.29, 0.717) is 0 Å². The number of allylic oxidation sites excluding steroid dienone is 1. The van der Waals surface area contributed by atoms with Gasteiger partial charge in [0.1, 0.15) is 0 Å². The van der Waals surface area contributed by atoms with E-state index < -0.39 is 0 Å². The summed E-state index contributed by atoms with van der Waals surface area (Å²) in [6.45, 7) is 6.22. The van der Waals surface area contributed by atoms with Crippen molar-refractivity contribution in [3.63, 3.8) is 0 Å². The van der Waals surface area contributed by atoms with Gasteiger partial charge in [-0.25, -0.2) is 0 Å². The van der Waals surface area contributed by atoms with Gasteiger partial charge in [0.05, 0.1) is 11.2 Å². The summed E-state index contributed by atoms with van der Waals surface area (Å²) < 4.78 is 2.36. The van der Waals surface area contributed by atoms with Gasteiger partial charge in [0.2, 0.25) is 0 Å². The second-order valence-corrected chi connectivity index (χ2v) is 10.1. The van der Waals surface area contributed by atoms with Crippen molar-refractivity contribution >= 4 is 44.6 Å². The second kappa shape index (κ2) is 9.87. The van der Waals surface area contributed by atoms with Gasteiger partial charge in [-0.1, -0.05) is 128 Å². The van der Waals surface area contributed by atoms with Gasteiger partial charge in [0, 0.05) is 16.6 Å². The highest BCUT2D eigenvalue weighted by molar-refractivity contribution is 6.21. The predicted molar refractivity (Wildman–Crippen MR) is 174 cm³/mol. The van der Waals surface area contributed by atoms with Gasteiger partial charge in [0.15, 0.2) is 0 Å². The van der Waals surface area contributed by atoms with Crippen LogP contribution in [0.4, 0.5) is 0 Å². The summed E-state index contributed by atoms with van der Waals surface area (Å²) in [5.41, 5.74) is 9.60. The van der Waals surface area contributed by atoms with Crippen LogP contribution in [0.1, 0.15) is 18.2 Å². The molecule has 0 amide bonds. The number of aromatic nitrogens is 1. The molecule has 1 nitrogen and oxygen atoms in total. The van der Waals surface area contributed by atoms with Crippen molar-refractivity contribution < 1.29 is 0 Å². The maximum absolute atomic E-state index is 4.15. The molecule has 1 heteroatoms. The fourth-order valence-electron chi connectivity index (χ4n) is 6.26. The lowest BCUT2D eigenvalue weighted by Crippen LogP contribution is -1.98.